The molecule has 0 aliphatic carbocycles. The third-order valence-corrected chi connectivity index (χ3v) is 5.90. The van der Waals surface area contributed by atoms with Crippen molar-refractivity contribution >= 4 is 34.9 Å². The number of nitrogens with one attached hydrogen (secondary N) is 2. The highest BCUT2D eigenvalue weighted by molar-refractivity contribution is 7.13. The third kappa shape index (κ3) is 4.69. The highest BCUT2D eigenvalue weighted by Crippen LogP contribution is 2.31. The van der Waals surface area contributed by atoms with Gasteiger partial charge in [-0.1, -0.05) is 23.5 Å². The smallest absolute Gasteiger partial charge is 0.387 e. The van der Waals surface area contributed by atoms with Crippen LogP contribution in [0.1, 0.15) is 27.3 Å². The van der Waals surface area contributed by atoms with Crippen LogP contribution < -0.4 is 15.4 Å². The van der Waals surface area contributed by atoms with Gasteiger partial charge in [-0.3, -0.25) is 14.5 Å². The summed E-state index contributed by atoms with van der Waals surface area (Å²) < 4.78 is 42.0. The fourth-order valence-electron chi connectivity index (χ4n) is 3.27. The first-order chi connectivity index (χ1) is 16.2. The number of carbonyl (C=O) groups excluding carboxylic acids is 3. The van der Waals surface area contributed by atoms with E-state index in [0.717, 1.165) is 16.2 Å². The van der Waals surface area contributed by atoms with Gasteiger partial charge >= 0.3 is 12.6 Å². The van der Waals surface area contributed by atoms with Gasteiger partial charge in [0.2, 0.25) is 5.01 Å². The van der Waals surface area contributed by atoms with Crippen molar-refractivity contribution in [2.45, 2.75) is 25.6 Å². The minimum Gasteiger partial charge on any atom is -0.435 e. The average molecular weight is 491 g/mol. The zero-order valence-corrected chi connectivity index (χ0v) is 18.2. The highest BCUT2D eigenvalue weighted by Gasteiger charge is 2.49. The number of aromatic nitrogens is 2. The molecule has 1 unspecified atom stereocenters. The minimum absolute atomic E-state index is 0.0104. The van der Waals surface area contributed by atoms with Crippen molar-refractivity contribution in [3.63, 3.8) is 0 Å². The Bertz CT molecular complexity index is 1240. The molecule has 2 heterocycles. The molecule has 1 fully saturated rings. The van der Waals surface area contributed by atoms with Crippen LogP contribution in [0.2, 0.25) is 0 Å². The molecule has 1 saturated heterocycles. The number of imide groups is 1. The lowest BCUT2D eigenvalue weighted by molar-refractivity contribution is -0.131. The molecule has 1 atom stereocenters. The molecule has 1 aliphatic heterocycles. The van der Waals surface area contributed by atoms with Gasteiger partial charge in [0.05, 0.1) is 6.54 Å². The number of hydrogen-bond donors (Lipinski definition) is 2. The summed E-state index contributed by atoms with van der Waals surface area (Å²) in [4.78, 5) is 38.8. The predicted molar refractivity (Wildman–Crippen MR) is 114 cm³/mol. The first-order valence-corrected chi connectivity index (χ1v) is 10.6. The van der Waals surface area contributed by atoms with Crippen molar-refractivity contribution in [2.24, 2.45) is 0 Å². The Morgan fingerprint density at radius 1 is 1.15 bits per heavy atom. The van der Waals surface area contributed by atoms with Crippen molar-refractivity contribution in [2.75, 3.05) is 5.32 Å². The van der Waals surface area contributed by atoms with E-state index in [2.05, 4.69) is 25.6 Å². The van der Waals surface area contributed by atoms with Crippen LogP contribution in [0.3, 0.4) is 0 Å². The number of rotatable bonds is 7. The summed E-state index contributed by atoms with van der Waals surface area (Å²) in [7, 11) is 0. The van der Waals surface area contributed by atoms with Crippen LogP contribution in [0, 0.1) is 5.82 Å². The van der Waals surface area contributed by atoms with Crippen molar-refractivity contribution in [1.29, 1.82) is 0 Å². The minimum atomic E-state index is -2.99. The van der Waals surface area contributed by atoms with E-state index in [9.17, 15) is 27.6 Å². The van der Waals surface area contributed by atoms with Gasteiger partial charge in [0.15, 0.2) is 0 Å². The number of nitrogens with zero attached hydrogens (tertiary/aromatic N) is 3. The molecule has 9 nitrogen and oxygen atoms in total. The Labute approximate surface area is 194 Å². The number of ether oxygens (including phenoxy) is 1. The number of anilines is 1. The summed E-state index contributed by atoms with van der Waals surface area (Å²) in [6, 6.07) is 9.81. The molecule has 0 bridgehead atoms. The SMILES string of the molecule is CC1(c2ccc(OC(F)F)cc2)NC(=O)N(Cc2nnc(C(=O)Nc3ccc(F)cc3)s2)C1=O. The van der Waals surface area contributed by atoms with Gasteiger partial charge in [-0.05, 0) is 48.9 Å². The number of urea groups is 1. The topological polar surface area (TPSA) is 114 Å². The lowest BCUT2D eigenvalue weighted by atomic mass is 9.92. The molecular weight excluding hydrogens is 475 g/mol. The van der Waals surface area contributed by atoms with E-state index in [4.69, 9.17) is 0 Å². The van der Waals surface area contributed by atoms with Gasteiger partial charge in [-0.2, -0.15) is 8.78 Å². The Balaban J connectivity index is 1.45. The molecular formula is C21H16F3N5O4S. The summed E-state index contributed by atoms with van der Waals surface area (Å²) >= 11 is 0.888. The second-order valence-corrected chi connectivity index (χ2v) is 8.37. The van der Waals surface area contributed by atoms with E-state index in [0.29, 0.717) is 11.3 Å². The Kier molecular flexibility index (Phi) is 6.20. The van der Waals surface area contributed by atoms with Crippen LogP contribution in [0.4, 0.5) is 23.7 Å². The van der Waals surface area contributed by atoms with E-state index in [-0.39, 0.29) is 22.3 Å². The molecule has 4 amide bonds. The fourth-order valence-corrected chi connectivity index (χ4v) is 3.99. The number of alkyl halides is 2. The number of hydrogen-bond acceptors (Lipinski definition) is 7. The number of benzene rings is 2. The molecule has 0 saturated carbocycles. The maximum absolute atomic E-state index is 13.1. The van der Waals surface area contributed by atoms with Gasteiger partial charge in [-0.25, -0.2) is 9.18 Å². The van der Waals surface area contributed by atoms with E-state index in [1.807, 2.05) is 0 Å². The molecule has 1 aliphatic rings. The fraction of sp³-hybridized carbons (Fsp3) is 0.190. The van der Waals surface area contributed by atoms with E-state index >= 15 is 0 Å². The normalized spacial score (nSPS) is 17.7. The standard InChI is InChI=1S/C21H16F3N5O4S/c1-21(11-2-8-14(9-3-11)33-19(23)24)18(31)29(20(32)26-21)10-15-27-28-17(34-15)16(30)25-13-6-4-12(22)5-7-13/h2-9,19H,10H2,1H3,(H,25,30)(H,26,32). The molecule has 176 valence electrons. The van der Waals surface area contributed by atoms with Gasteiger partial charge < -0.3 is 15.4 Å². The van der Waals surface area contributed by atoms with E-state index in [1.54, 1.807) is 0 Å². The molecule has 0 spiro atoms. The zero-order chi connectivity index (χ0) is 24.5. The monoisotopic (exact) mass is 491 g/mol. The summed E-state index contributed by atoms with van der Waals surface area (Å²) in [5, 5.41) is 13.0. The maximum Gasteiger partial charge on any atom is 0.387 e. The van der Waals surface area contributed by atoms with Crippen molar-refractivity contribution in [1.82, 2.24) is 20.4 Å². The zero-order valence-electron chi connectivity index (χ0n) is 17.4. The van der Waals surface area contributed by atoms with Crippen LogP contribution in [-0.2, 0) is 16.9 Å². The van der Waals surface area contributed by atoms with Crippen LogP contribution in [0.5, 0.6) is 5.75 Å². The molecule has 2 N–H and O–H groups in total. The number of halogens is 3. The van der Waals surface area contributed by atoms with Crippen molar-refractivity contribution < 1.29 is 32.3 Å². The van der Waals surface area contributed by atoms with E-state index < -0.39 is 35.8 Å². The van der Waals surface area contributed by atoms with Gasteiger partial charge in [0.25, 0.3) is 11.8 Å². The Morgan fingerprint density at radius 2 is 1.82 bits per heavy atom. The molecule has 1 aromatic heterocycles. The quantitative estimate of drug-likeness (QED) is 0.489. The average Bonchev–Trinajstić information content (AvgIpc) is 3.35. The number of amides is 4. The van der Waals surface area contributed by atoms with Gasteiger partial charge in [0.1, 0.15) is 22.1 Å². The van der Waals surface area contributed by atoms with Crippen LogP contribution >= 0.6 is 11.3 Å². The van der Waals surface area contributed by atoms with Gasteiger partial charge in [0, 0.05) is 5.69 Å². The van der Waals surface area contributed by atoms with E-state index in [1.165, 1.54) is 55.5 Å². The highest BCUT2D eigenvalue weighted by atomic mass is 32.1. The Morgan fingerprint density at radius 3 is 2.47 bits per heavy atom. The summed E-state index contributed by atoms with van der Waals surface area (Å²) in [5.41, 5.74) is -0.710. The van der Waals surface area contributed by atoms with Crippen LogP contribution in [0.25, 0.3) is 0 Å². The van der Waals surface area contributed by atoms with Crippen molar-refractivity contribution in [3.8, 4) is 5.75 Å². The Hall–Kier alpha value is -4.00. The maximum atomic E-state index is 13.1. The summed E-state index contributed by atoms with van der Waals surface area (Å²) in [6.07, 6.45) is 0. The molecule has 34 heavy (non-hydrogen) atoms. The first kappa shape index (κ1) is 23.2. The third-order valence-electron chi connectivity index (χ3n) is 4.99. The van der Waals surface area contributed by atoms with Gasteiger partial charge in [-0.15, -0.1) is 10.2 Å². The van der Waals surface area contributed by atoms with Crippen LogP contribution in [-0.4, -0.2) is 39.6 Å². The largest absolute Gasteiger partial charge is 0.435 e. The lowest BCUT2D eigenvalue weighted by Crippen LogP contribution is -2.40. The molecule has 2 aromatic carbocycles. The van der Waals surface area contributed by atoms with Crippen molar-refractivity contribution in [3.05, 3.63) is 69.9 Å². The number of carbonyl (C=O) groups is 3. The predicted octanol–water partition coefficient (Wildman–Crippen LogP) is 3.50. The molecule has 13 heteroatoms. The molecule has 3 aromatic rings. The first-order valence-electron chi connectivity index (χ1n) is 9.74. The lowest BCUT2D eigenvalue weighted by Gasteiger charge is -2.22. The molecule has 0 radical (unpaired) electrons. The summed E-state index contributed by atoms with van der Waals surface area (Å²) in [6.45, 7) is -1.73. The summed E-state index contributed by atoms with van der Waals surface area (Å²) in [5.74, 6) is -1.71. The molecule has 4 rings (SSSR count). The second-order valence-electron chi connectivity index (χ2n) is 7.31. The second kappa shape index (κ2) is 9.09. The van der Waals surface area contributed by atoms with Crippen LogP contribution in [0.15, 0.2) is 48.5 Å².